The van der Waals surface area contributed by atoms with Gasteiger partial charge in [-0.3, -0.25) is 4.79 Å². The van der Waals surface area contributed by atoms with Crippen LogP contribution in [0.4, 0.5) is 5.69 Å². The van der Waals surface area contributed by atoms with Gasteiger partial charge in [0.05, 0.1) is 12.2 Å². The highest BCUT2D eigenvalue weighted by molar-refractivity contribution is 7.98. The van der Waals surface area contributed by atoms with Crippen LogP contribution in [-0.2, 0) is 17.1 Å². The lowest BCUT2D eigenvalue weighted by molar-refractivity contribution is -0.119. The second-order valence-electron chi connectivity index (χ2n) is 7.20. The first kappa shape index (κ1) is 18.5. The fraction of sp³-hybridized carbons (Fsp3) is 0.409. The Bertz CT molecular complexity index is 787. The predicted octanol–water partition coefficient (Wildman–Crippen LogP) is 3.51. The third kappa shape index (κ3) is 4.54. The van der Waals surface area contributed by atoms with Crippen molar-refractivity contribution in [2.75, 3.05) is 37.6 Å². The van der Waals surface area contributed by atoms with Gasteiger partial charge in [-0.2, -0.15) is 0 Å². The first-order valence-electron chi connectivity index (χ1n) is 9.83. The van der Waals surface area contributed by atoms with Crippen LogP contribution in [0.5, 0.6) is 0 Å². The highest BCUT2D eigenvalue weighted by Gasteiger charge is 2.23. The number of carbonyl (C=O) groups excluding carboxylic acids is 1. The Morgan fingerprint density at radius 2 is 1.81 bits per heavy atom. The van der Waals surface area contributed by atoms with Gasteiger partial charge in [-0.15, -0.1) is 11.8 Å². The molecular formula is C22H27N3OS. The van der Waals surface area contributed by atoms with Crippen molar-refractivity contribution in [3.05, 3.63) is 59.7 Å². The molecule has 2 aliphatic heterocycles. The maximum Gasteiger partial charge on any atom is 0.228 e. The second kappa shape index (κ2) is 8.91. The van der Waals surface area contributed by atoms with Gasteiger partial charge in [0.1, 0.15) is 0 Å². The average molecular weight is 382 g/mol. The minimum Gasteiger partial charge on any atom is -0.315 e. The van der Waals surface area contributed by atoms with Gasteiger partial charge in [0.15, 0.2) is 0 Å². The summed E-state index contributed by atoms with van der Waals surface area (Å²) in [6, 6.07) is 16.8. The summed E-state index contributed by atoms with van der Waals surface area (Å²) in [6.45, 7) is 5.71. The van der Waals surface area contributed by atoms with Gasteiger partial charge >= 0.3 is 0 Å². The van der Waals surface area contributed by atoms with Crippen LogP contribution < -0.4 is 10.2 Å². The van der Waals surface area contributed by atoms with Gasteiger partial charge < -0.3 is 15.1 Å². The molecule has 1 fully saturated rings. The maximum atomic E-state index is 13.2. The fourth-order valence-corrected chi connectivity index (χ4v) is 4.90. The summed E-state index contributed by atoms with van der Waals surface area (Å²) >= 11 is 1.82. The molecule has 1 saturated heterocycles. The summed E-state index contributed by atoms with van der Waals surface area (Å²) < 4.78 is 0. The number of rotatable bonds is 3. The van der Waals surface area contributed by atoms with Crippen LogP contribution >= 0.6 is 11.8 Å². The minimum atomic E-state index is 0.219. The molecule has 0 aliphatic carbocycles. The quantitative estimate of drug-likeness (QED) is 0.883. The number of nitrogens with zero attached hydrogens (tertiary/aromatic N) is 2. The van der Waals surface area contributed by atoms with Crippen molar-refractivity contribution in [3.63, 3.8) is 0 Å². The van der Waals surface area contributed by atoms with Gasteiger partial charge in [-0.1, -0.05) is 36.4 Å². The highest BCUT2D eigenvalue weighted by Crippen LogP contribution is 2.36. The molecule has 2 aromatic carbocycles. The number of carbonyl (C=O) groups is 1. The molecule has 1 amide bonds. The SMILES string of the molecule is O=C(CCN1CCCNCC1)N1Cc2ccccc2CSc2ccccc21. The van der Waals surface area contributed by atoms with E-state index in [9.17, 15) is 4.79 Å². The predicted molar refractivity (Wildman–Crippen MR) is 112 cm³/mol. The molecule has 5 heteroatoms. The molecule has 0 spiro atoms. The molecular weight excluding hydrogens is 354 g/mol. The van der Waals surface area contributed by atoms with E-state index in [1.165, 1.54) is 16.0 Å². The van der Waals surface area contributed by atoms with E-state index < -0.39 is 0 Å². The Hall–Kier alpha value is -1.82. The summed E-state index contributed by atoms with van der Waals surface area (Å²) in [7, 11) is 0. The number of para-hydroxylation sites is 1. The summed E-state index contributed by atoms with van der Waals surface area (Å²) in [5, 5.41) is 3.43. The molecule has 0 unspecified atom stereocenters. The number of amides is 1. The molecule has 4 rings (SSSR count). The van der Waals surface area contributed by atoms with Crippen LogP contribution in [0, 0.1) is 0 Å². The Morgan fingerprint density at radius 1 is 1.00 bits per heavy atom. The molecule has 2 aliphatic rings. The summed E-state index contributed by atoms with van der Waals surface area (Å²) in [5.74, 6) is 1.17. The van der Waals surface area contributed by atoms with Crippen molar-refractivity contribution < 1.29 is 4.79 Å². The van der Waals surface area contributed by atoms with Crippen molar-refractivity contribution in [1.82, 2.24) is 10.2 Å². The van der Waals surface area contributed by atoms with Gasteiger partial charge in [0.25, 0.3) is 0 Å². The number of anilines is 1. The Morgan fingerprint density at radius 3 is 2.74 bits per heavy atom. The molecule has 2 aromatic rings. The molecule has 2 heterocycles. The first-order chi connectivity index (χ1) is 13.3. The van der Waals surface area contributed by atoms with Gasteiger partial charge in [-0.25, -0.2) is 0 Å². The van der Waals surface area contributed by atoms with Crippen molar-refractivity contribution >= 4 is 23.4 Å². The largest absolute Gasteiger partial charge is 0.315 e. The normalized spacial score (nSPS) is 18.0. The monoisotopic (exact) mass is 381 g/mol. The van der Waals surface area contributed by atoms with Crippen molar-refractivity contribution in [2.24, 2.45) is 0 Å². The molecule has 0 radical (unpaired) electrons. The van der Waals surface area contributed by atoms with E-state index in [1.54, 1.807) is 0 Å². The van der Waals surface area contributed by atoms with Crippen LogP contribution in [0.1, 0.15) is 24.0 Å². The highest BCUT2D eigenvalue weighted by atomic mass is 32.2. The number of fused-ring (bicyclic) bond motifs is 2. The van der Waals surface area contributed by atoms with E-state index in [0.717, 1.165) is 50.6 Å². The van der Waals surface area contributed by atoms with E-state index in [1.807, 2.05) is 22.7 Å². The fourth-order valence-electron chi connectivity index (χ4n) is 3.80. The Balaban J connectivity index is 1.54. The van der Waals surface area contributed by atoms with E-state index >= 15 is 0 Å². The molecule has 1 N–H and O–H groups in total. The van der Waals surface area contributed by atoms with Crippen molar-refractivity contribution in [1.29, 1.82) is 0 Å². The number of hydrogen-bond acceptors (Lipinski definition) is 4. The lowest BCUT2D eigenvalue weighted by Gasteiger charge is -2.29. The zero-order chi connectivity index (χ0) is 18.5. The number of thioether (sulfide) groups is 1. The zero-order valence-corrected chi connectivity index (χ0v) is 16.5. The molecule has 4 nitrogen and oxygen atoms in total. The summed E-state index contributed by atoms with van der Waals surface area (Å²) in [5.41, 5.74) is 3.64. The zero-order valence-electron chi connectivity index (χ0n) is 15.7. The topological polar surface area (TPSA) is 35.6 Å². The third-order valence-corrected chi connectivity index (χ3v) is 6.47. The van der Waals surface area contributed by atoms with Crippen LogP contribution in [0.3, 0.4) is 0 Å². The van der Waals surface area contributed by atoms with Gasteiger partial charge in [-0.05, 0) is 42.8 Å². The third-order valence-electron chi connectivity index (χ3n) is 5.36. The van der Waals surface area contributed by atoms with E-state index in [-0.39, 0.29) is 5.91 Å². The molecule has 27 heavy (non-hydrogen) atoms. The van der Waals surface area contributed by atoms with Crippen LogP contribution in [0.2, 0.25) is 0 Å². The summed E-state index contributed by atoms with van der Waals surface area (Å²) in [4.78, 5) is 18.8. The van der Waals surface area contributed by atoms with Crippen LogP contribution in [0.25, 0.3) is 0 Å². The van der Waals surface area contributed by atoms with Crippen molar-refractivity contribution in [3.8, 4) is 0 Å². The second-order valence-corrected chi connectivity index (χ2v) is 8.22. The molecule has 142 valence electrons. The van der Waals surface area contributed by atoms with Gasteiger partial charge in [0, 0.05) is 36.7 Å². The number of hydrogen-bond donors (Lipinski definition) is 1. The minimum absolute atomic E-state index is 0.219. The van der Waals surface area contributed by atoms with Gasteiger partial charge in [0.2, 0.25) is 5.91 Å². The average Bonchev–Trinajstić information content (AvgIpc) is 2.97. The van der Waals surface area contributed by atoms with Crippen molar-refractivity contribution in [2.45, 2.75) is 30.0 Å². The Kier molecular flexibility index (Phi) is 6.12. The molecule has 0 atom stereocenters. The maximum absolute atomic E-state index is 13.2. The van der Waals surface area contributed by atoms with E-state index in [2.05, 4.69) is 52.7 Å². The van der Waals surface area contributed by atoms with E-state index in [0.29, 0.717) is 13.0 Å². The molecule has 0 saturated carbocycles. The van der Waals surface area contributed by atoms with Crippen LogP contribution in [-0.4, -0.2) is 43.5 Å². The first-order valence-corrected chi connectivity index (χ1v) is 10.8. The summed E-state index contributed by atoms with van der Waals surface area (Å²) in [6.07, 6.45) is 1.73. The standard InChI is InChI=1S/C22H27N3OS/c26-22(10-14-24-13-5-11-23-12-15-24)25-16-18-6-1-2-7-19(18)17-27-21-9-4-3-8-20(21)25/h1-4,6-9,23H,5,10-17H2. The smallest absolute Gasteiger partial charge is 0.228 e. The lowest BCUT2D eigenvalue weighted by Crippen LogP contribution is -2.36. The number of benzene rings is 2. The Labute approximate surface area is 165 Å². The lowest BCUT2D eigenvalue weighted by atomic mass is 10.1. The number of nitrogens with one attached hydrogen (secondary N) is 1. The molecule has 0 bridgehead atoms. The van der Waals surface area contributed by atoms with Crippen LogP contribution in [0.15, 0.2) is 53.4 Å². The van der Waals surface area contributed by atoms with E-state index in [4.69, 9.17) is 0 Å². The molecule has 0 aromatic heterocycles.